The Balaban J connectivity index is 3.35. The Bertz CT molecular complexity index is 348. The minimum atomic E-state index is -1.21. The standard InChI is InChI=1S/C8H7ClO4/c1-13-6-3-4(10)2-5(7(6)9)8(11)12/h2-3,10H,1H3,(H,11,12). The van der Waals surface area contributed by atoms with E-state index in [0.29, 0.717) is 0 Å². The summed E-state index contributed by atoms with van der Waals surface area (Å²) >= 11 is 5.66. The highest BCUT2D eigenvalue weighted by Crippen LogP contribution is 2.32. The molecule has 13 heavy (non-hydrogen) atoms. The van der Waals surface area contributed by atoms with E-state index >= 15 is 0 Å². The molecule has 2 N–H and O–H groups in total. The molecule has 0 aliphatic heterocycles. The highest BCUT2D eigenvalue weighted by atomic mass is 35.5. The van der Waals surface area contributed by atoms with Crippen LogP contribution in [0, 0.1) is 0 Å². The van der Waals surface area contributed by atoms with Gasteiger partial charge in [-0.2, -0.15) is 0 Å². The third-order valence-corrected chi connectivity index (χ3v) is 1.86. The molecule has 0 fully saturated rings. The van der Waals surface area contributed by atoms with Crippen molar-refractivity contribution in [3.63, 3.8) is 0 Å². The Hall–Kier alpha value is -1.42. The molecule has 1 aromatic rings. The van der Waals surface area contributed by atoms with Crippen LogP contribution in [-0.4, -0.2) is 23.3 Å². The van der Waals surface area contributed by atoms with E-state index < -0.39 is 5.97 Å². The minimum Gasteiger partial charge on any atom is -0.508 e. The molecule has 0 aliphatic carbocycles. The van der Waals surface area contributed by atoms with Crippen molar-refractivity contribution in [2.75, 3.05) is 7.11 Å². The maximum atomic E-state index is 10.6. The van der Waals surface area contributed by atoms with Crippen LogP contribution in [0.3, 0.4) is 0 Å². The summed E-state index contributed by atoms with van der Waals surface area (Å²) in [5.74, 6) is -1.27. The van der Waals surface area contributed by atoms with Crippen LogP contribution < -0.4 is 4.74 Å². The van der Waals surface area contributed by atoms with E-state index in [1.165, 1.54) is 13.2 Å². The van der Waals surface area contributed by atoms with Crippen LogP contribution in [0.15, 0.2) is 12.1 Å². The smallest absolute Gasteiger partial charge is 0.337 e. The molecule has 0 atom stereocenters. The maximum absolute atomic E-state index is 10.6. The first kappa shape index (κ1) is 9.67. The topological polar surface area (TPSA) is 66.8 Å². The van der Waals surface area contributed by atoms with E-state index in [0.717, 1.165) is 6.07 Å². The molecule has 0 saturated carbocycles. The van der Waals surface area contributed by atoms with Gasteiger partial charge in [0.15, 0.2) is 0 Å². The minimum absolute atomic E-state index is 0.0206. The third kappa shape index (κ3) is 1.84. The molecule has 0 aromatic heterocycles. The van der Waals surface area contributed by atoms with E-state index in [-0.39, 0.29) is 22.1 Å². The number of rotatable bonds is 2. The fraction of sp³-hybridized carbons (Fsp3) is 0.125. The molecule has 1 aromatic carbocycles. The van der Waals surface area contributed by atoms with Crippen LogP contribution in [0.25, 0.3) is 0 Å². The number of aromatic carboxylic acids is 1. The Morgan fingerprint density at radius 3 is 2.62 bits per heavy atom. The molecular formula is C8H7ClO4. The molecule has 0 aliphatic rings. The van der Waals surface area contributed by atoms with Gasteiger partial charge >= 0.3 is 5.97 Å². The van der Waals surface area contributed by atoms with Crippen molar-refractivity contribution in [3.8, 4) is 11.5 Å². The molecule has 0 unspecified atom stereocenters. The highest BCUT2D eigenvalue weighted by Gasteiger charge is 2.14. The van der Waals surface area contributed by atoms with Crippen molar-refractivity contribution in [1.82, 2.24) is 0 Å². The first-order valence-electron chi connectivity index (χ1n) is 3.36. The molecule has 0 radical (unpaired) electrons. The second-order valence-electron chi connectivity index (χ2n) is 2.31. The van der Waals surface area contributed by atoms with Gasteiger partial charge in [0.1, 0.15) is 11.5 Å². The van der Waals surface area contributed by atoms with Gasteiger partial charge in [-0.05, 0) is 6.07 Å². The van der Waals surface area contributed by atoms with Gasteiger partial charge in [-0.1, -0.05) is 11.6 Å². The number of ether oxygens (including phenoxy) is 1. The monoisotopic (exact) mass is 202 g/mol. The van der Waals surface area contributed by atoms with E-state index in [4.69, 9.17) is 26.6 Å². The SMILES string of the molecule is COc1cc(O)cc(C(=O)O)c1Cl. The number of aromatic hydroxyl groups is 1. The lowest BCUT2D eigenvalue weighted by molar-refractivity contribution is 0.0696. The van der Waals surface area contributed by atoms with Gasteiger partial charge in [-0.3, -0.25) is 0 Å². The summed E-state index contributed by atoms with van der Waals surface area (Å²) in [4.78, 5) is 10.6. The number of hydrogen-bond donors (Lipinski definition) is 2. The first-order chi connectivity index (χ1) is 6.06. The molecule has 4 nitrogen and oxygen atoms in total. The fourth-order valence-corrected chi connectivity index (χ4v) is 1.15. The maximum Gasteiger partial charge on any atom is 0.337 e. The van der Waals surface area contributed by atoms with Crippen molar-refractivity contribution in [3.05, 3.63) is 22.7 Å². The quantitative estimate of drug-likeness (QED) is 0.767. The van der Waals surface area contributed by atoms with Crippen LogP contribution in [0.1, 0.15) is 10.4 Å². The Morgan fingerprint density at radius 1 is 1.54 bits per heavy atom. The molecular weight excluding hydrogens is 196 g/mol. The summed E-state index contributed by atoms with van der Waals surface area (Å²) in [7, 11) is 1.34. The number of hydrogen-bond acceptors (Lipinski definition) is 3. The molecule has 0 heterocycles. The van der Waals surface area contributed by atoms with Gasteiger partial charge in [0.05, 0.1) is 17.7 Å². The molecule has 1 rings (SSSR count). The van der Waals surface area contributed by atoms with Crippen LogP contribution in [0.5, 0.6) is 11.5 Å². The number of carboxylic acid groups (broad SMARTS) is 1. The van der Waals surface area contributed by atoms with E-state index in [9.17, 15) is 4.79 Å². The van der Waals surface area contributed by atoms with Gasteiger partial charge in [0.2, 0.25) is 0 Å². The van der Waals surface area contributed by atoms with Crippen molar-refractivity contribution >= 4 is 17.6 Å². The summed E-state index contributed by atoms with van der Waals surface area (Å²) in [6.45, 7) is 0. The van der Waals surface area contributed by atoms with E-state index in [1.54, 1.807) is 0 Å². The summed E-state index contributed by atoms with van der Waals surface area (Å²) in [5.41, 5.74) is -0.182. The predicted octanol–water partition coefficient (Wildman–Crippen LogP) is 1.75. The third-order valence-electron chi connectivity index (χ3n) is 1.47. The summed E-state index contributed by atoms with van der Waals surface area (Å²) in [5, 5.41) is 17.7. The molecule has 5 heteroatoms. The van der Waals surface area contributed by atoms with Crippen LogP contribution in [-0.2, 0) is 0 Å². The molecule has 0 amide bonds. The summed E-state index contributed by atoms with van der Waals surface area (Å²) in [6, 6.07) is 2.31. The lowest BCUT2D eigenvalue weighted by Crippen LogP contribution is -1.98. The second kappa shape index (κ2) is 3.53. The number of phenolic OH excluding ortho intramolecular Hbond substituents is 1. The predicted molar refractivity (Wildman–Crippen MR) is 46.6 cm³/mol. The molecule has 0 saturated heterocycles. The summed E-state index contributed by atoms with van der Waals surface area (Å²) < 4.78 is 4.76. The Morgan fingerprint density at radius 2 is 2.15 bits per heavy atom. The van der Waals surface area contributed by atoms with Gasteiger partial charge in [0, 0.05) is 6.07 Å². The molecule has 70 valence electrons. The van der Waals surface area contributed by atoms with Gasteiger partial charge in [-0.15, -0.1) is 0 Å². The lowest BCUT2D eigenvalue weighted by atomic mass is 10.2. The zero-order valence-electron chi connectivity index (χ0n) is 6.74. The van der Waals surface area contributed by atoms with Crippen LogP contribution in [0.2, 0.25) is 5.02 Å². The van der Waals surface area contributed by atoms with Crippen LogP contribution >= 0.6 is 11.6 Å². The number of carboxylic acids is 1. The Labute approximate surface area is 79.3 Å². The largest absolute Gasteiger partial charge is 0.508 e. The number of carbonyl (C=O) groups is 1. The summed E-state index contributed by atoms with van der Waals surface area (Å²) in [6.07, 6.45) is 0. The number of benzene rings is 1. The van der Waals surface area contributed by atoms with Gasteiger partial charge < -0.3 is 14.9 Å². The van der Waals surface area contributed by atoms with Crippen molar-refractivity contribution in [1.29, 1.82) is 0 Å². The normalized spacial score (nSPS) is 9.69. The van der Waals surface area contributed by atoms with Crippen LogP contribution in [0.4, 0.5) is 0 Å². The average molecular weight is 203 g/mol. The van der Waals surface area contributed by atoms with Gasteiger partial charge in [0.25, 0.3) is 0 Å². The van der Waals surface area contributed by atoms with E-state index in [2.05, 4.69) is 0 Å². The average Bonchev–Trinajstić information content (AvgIpc) is 2.08. The molecule has 0 bridgehead atoms. The van der Waals surface area contributed by atoms with Crippen molar-refractivity contribution in [2.24, 2.45) is 0 Å². The first-order valence-corrected chi connectivity index (χ1v) is 3.74. The number of methoxy groups -OCH3 is 1. The van der Waals surface area contributed by atoms with Crippen molar-refractivity contribution in [2.45, 2.75) is 0 Å². The zero-order chi connectivity index (χ0) is 10.0. The highest BCUT2D eigenvalue weighted by molar-refractivity contribution is 6.35. The molecule has 0 spiro atoms. The van der Waals surface area contributed by atoms with Gasteiger partial charge in [-0.25, -0.2) is 4.79 Å². The lowest BCUT2D eigenvalue weighted by Gasteiger charge is -2.05. The van der Waals surface area contributed by atoms with Crippen molar-refractivity contribution < 1.29 is 19.7 Å². The fourth-order valence-electron chi connectivity index (χ4n) is 0.887. The van der Waals surface area contributed by atoms with E-state index in [1.807, 2.05) is 0 Å². The Kier molecular flexibility index (Phi) is 2.63. The second-order valence-corrected chi connectivity index (χ2v) is 2.69. The number of halogens is 1. The number of phenols is 1. The zero-order valence-corrected chi connectivity index (χ0v) is 7.50.